The highest BCUT2D eigenvalue weighted by atomic mass is 32.1. The molecule has 80 valence electrons. The first-order valence-electron chi connectivity index (χ1n) is 4.83. The average Bonchev–Trinajstić information content (AvgIpc) is 2.71. The number of aryl methyl sites for hydroxylation is 1. The normalized spacial score (nSPS) is 11.2. The summed E-state index contributed by atoms with van der Waals surface area (Å²) < 4.78 is 8.08. The molecular formula is C10H13N3OS. The van der Waals surface area contributed by atoms with Crippen LogP contribution in [0, 0.1) is 11.7 Å². The lowest BCUT2D eigenvalue weighted by atomic mass is 10.3. The Morgan fingerprint density at radius 1 is 1.47 bits per heavy atom. The summed E-state index contributed by atoms with van der Waals surface area (Å²) in [5, 5.41) is 6.95. The van der Waals surface area contributed by atoms with Gasteiger partial charge in [-0.3, -0.25) is 9.67 Å². The highest BCUT2D eigenvalue weighted by molar-refractivity contribution is 7.71. The standard InChI is InChI=1S/C10H13N3OS/c1-6(2)13-9(11-12-10(13)15)8-5-4-7(3)14-8/h4-6H,1-3H3,(H,12,15). The van der Waals surface area contributed by atoms with Crippen molar-refractivity contribution in [1.29, 1.82) is 0 Å². The number of hydrogen-bond donors (Lipinski definition) is 1. The molecule has 0 unspecified atom stereocenters. The molecule has 0 aliphatic heterocycles. The lowest BCUT2D eigenvalue weighted by molar-refractivity contribution is 0.527. The second-order valence-corrected chi connectivity index (χ2v) is 4.11. The first-order valence-corrected chi connectivity index (χ1v) is 5.24. The fourth-order valence-electron chi connectivity index (χ4n) is 1.51. The van der Waals surface area contributed by atoms with Gasteiger partial charge in [-0.15, -0.1) is 0 Å². The van der Waals surface area contributed by atoms with E-state index in [0.717, 1.165) is 17.3 Å². The zero-order chi connectivity index (χ0) is 11.0. The molecule has 0 aromatic carbocycles. The van der Waals surface area contributed by atoms with Gasteiger partial charge in [-0.05, 0) is 45.1 Å². The summed E-state index contributed by atoms with van der Waals surface area (Å²) in [6.07, 6.45) is 0. The van der Waals surface area contributed by atoms with Gasteiger partial charge in [0, 0.05) is 6.04 Å². The zero-order valence-electron chi connectivity index (χ0n) is 8.94. The summed E-state index contributed by atoms with van der Waals surface area (Å²) in [5.74, 6) is 2.37. The second-order valence-electron chi connectivity index (χ2n) is 3.73. The molecule has 0 amide bonds. The SMILES string of the molecule is Cc1ccc(-c2n[nH]c(=S)n2C(C)C)o1. The van der Waals surface area contributed by atoms with Crippen LogP contribution in [0.15, 0.2) is 16.5 Å². The molecule has 15 heavy (non-hydrogen) atoms. The number of rotatable bonds is 2. The van der Waals surface area contributed by atoms with E-state index in [1.165, 1.54) is 0 Å². The molecule has 0 aliphatic carbocycles. The molecule has 1 N–H and O–H groups in total. The van der Waals surface area contributed by atoms with E-state index < -0.39 is 0 Å². The van der Waals surface area contributed by atoms with Gasteiger partial charge in [-0.2, -0.15) is 5.10 Å². The molecule has 2 heterocycles. The fourth-order valence-corrected chi connectivity index (χ4v) is 1.86. The van der Waals surface area contributed by atoms with E-state index in [1.54, 1.807) is 0 Å². The van der Waals surface area contributed by atoms with Crippen LogP contribution in [0.1, 0.15) is 25.6 Å². The van der Waals surface area contributed by atoms with Crippen LogP contribution in [-0.2, 0) is 0 Å². The summed E-state index contributed by atoms with van der Waals surface area (Å²) >= 11 is 5.16. The summed E-state index contributed by atoms with van der Waals surface area (Å²) in [7, 11) is 0. The van der Waals surface area contributed by atoms with Gasteiger partial charge >= 0.3 is 0 Å². The third kappa shape index (κ3) is 1.74. The number of hydrogen-bond acceptors (Lipinski definition) is 3. The first-order chi connectivity index (χ1) is 7.09. The van der Waals surface area contributed by atoms with Crippen molar-refractivity contribution < 1.29 is 4.42 Å². The van der Waals surface area contributed by atoms with Crippen LogP contribution in [0.4, 0.5) is 0 Å². The predicted octanol–water partition coefficient (Wildman–Crippen LogP) is 3.09. The van der Waals surface area contributed by atoms with Crippen LogP contribution in [0.25, 0.3) is 11.6 Å². The number of H-pyrrole nitrogens is 1. The molecule has 4 nitrogen and oxygen atoms in total. The minimum Gasteiger partial charge on any atom is -0.458 e. The van der Waals surface area contributed by atoms with Gasteiger partial charge in [0.15, 0.2) is 16.4 Å². The number of aromatic nitrogens is 3. The number of nitrogens with one attached hydrogen (secondary N) is 1. The molecule has 0 spiro atoms. The molecule has 0 saturated heterocycles. The van der Waals surface area contributed by atoms with Gasteiger partial charge in [-0.25, -0.2) is 0 Å². The fraction of sp³-hybridized carbons (Fsp3) is 0.400. The Balaban J connectivity index is 2.58. The lowest BCUT2D eigenvalue weighted by Crippen LogP contribution is -2.02. The van der Waals surface area contributed by atoms with E-state index >= 15 is 0 Å². The molecule has 2 aromatic heterocycles. The van der Waals surface area contributed by atoms with E-state index in [4.69, 9.17) is 16.6 Å². The minimum absolute atomic E-state index is 0.261. The van der Waals surface area contributed by atoms with Crippen molar-refractivity contribution >= 4 is 12.2 Å². The quantitative estimate of drug-likeness (QED) is 0.796. The predicted molar refractivity (Wildman–Crippen MR) is 60.2 cm³/mol. The van der Waals surface area contributed by atoms with Crippen molar-refractivity contribution in [1.82, 2.24) is 14.8 Å². The Labute approximate surface area is 92.9 Å². The number of aromatic amines is 1. The van der Waals surface area contributed by atoms with Crippen LogP contribution in [0.5, 0.6) is 0 Å². The average molecular weight is 223 g/mol. The van der Waals surface area contributed by atoms with Crippen molar-refractivity contribution in [2.24, 2.45) is 0 Å². The topological polar surface area (TPSA) is 46.8 Å². The molecule has 0 atom stereocenters. The molecule has 0 radical (unpaired) electrons. The first kappa shape index (κ1) is 10.2. The smallest absolute Gasteiger partial charge is 0.198 e. The Hall–Kier alpha value is -1.36. The van der Waals surface area contributed by atoms with Crippen molar-refractivity contribution in [3.05, 3.63) is 22.7 Å². The van der Waals surface area contributed by atoms with E-state index in [-0.39, 0.29) is 6.04 Å². The van der Waals surface area contributed by atoms with Crippen molar-refractivity contribution in [3.63, 3.8) is 0 Å². The molecule has 2 rings (SSSR count). The molecule has 0 saturated carbocycles. The van der Waals surface area contributed by atoms with Crippen molar-refractivity contribution in [2.75, 3.05) is 0 Å². The molecular weight excluding hydrogens is 210 g/mol. The van der Waals surface area contributed by atoms with Gasteiger partial charge in [0.2, 0.25) is 0 Å². The van der Waals surface area contributed by atoms with Crippen molar-refractivity contribution in [2.45, 2.75) is 26.8 Å². The second kappa shape index (κ2) is 3.66. The Bertz CT molecular complexity index is 521. The number of furan rings is 1. The molecule has 2 aromatic rings. The van der Waals surface area contributed by atoms with E-state index in [0.29, 0.717) is 4.77 Å². The van der Waals surface area contributed by atoms with Gasteiger partial charge in [-0.1, -0.05) is 0 Å². The monoisotopic (exact) mass is 223 g/mol. The van der Waals surface area contributed by atoms with E-state index in [1.807, 2.05) is 23.6 Å². The molecule has 0 bridgehead atoms. The van der Waals surface area contributed by atoms with Crippen LogP contribution in [-0.4, -0.2) is 14.8 Å². The highest BCUT2D eigenvalue weighted by Gasteiger charge is 2.13. The number of nitrogens with zero attached hydrogens (tertiary/aromatic N) is 2. The molecule has 0 aliphatic rings. The van der Waals surface area contributed by atoms with Crippen LogP contribution < -0.4 is 0 Å². The van der Waals surface area contributed by atoms with E-state index in [2.05, 4.69) is 24.0 Å². The van der Waals surface area contributed by atoms with Crippen LogP contribution in [0.3, 0.4) is 0 Å². The molecule has 5 heteroatoms. The Morgan fingerprint density at radius 3 is 2.73 bits per heavy atom. The Morgan fingerprint density at radius 2 is 2.20 bits per heavy atom. The third-order valence-corrected chi connectivity index (χ3v) is 2.47. The third-order valence-electron chi connectivity index (χ3n) is 2.18. The highest BCUT2D eigenvalue weighted by Crippen LogP contribution is 2.22. The summed E-state index contributed by atoms with van der Waals surface area (Å²) in [6.45, 7) is 6.03. The van der Waals surface area contributed by atoms with Gasteiger partial charge in [0.05, 0.1) is 0 Å². The Kier molecular flexibility index (Phi) is 2.48. The molecule has 0 fully saturated rings. The summed E-state index contributed by atoms with van der Waals surface area (Å²) in [6, 6.07) is 4.08. The summed E-state index contributed by atoms with van der Waals surface area (Å²) in [4.78, 5) is 0. The maximum absolute atomic E-state index is 5.52. The minimum atomic E-state index is 0.261. The van der Waals surface area contributed by atoms with Gasteiger partial charge < -0.3 is 4.42 Å². The maximum atomic E-state index is 5.52. The largest absolute Gasteiger partial charge is 0.458 e. The van der Waals surface area contributed by atoms with Crippen molar-refractivity contribution in [3.8, 4) is 11.6 Å². The zero-order valence-corrected chi connectivity index (χ0v) is 9.76. The van der Waals surface area contributed by atoms with Gasteiger partial charge in [0.25, 0.3) is 0 Å². The maximum Gasteiger partial charge on any atom is 0.198 e. The lowest BCUT2D eigenvalue weighted by Gasteiger charge is -2.08. The van der Waals surface area contributed by atoms with E-state index in [9.17, 15) is 0 Å². The van der Waals surface area contributed by atoms with Gasteiger partial charge in [0.1, 0.15) is 5.76 Å². The summed E-state index contributed by atoms with van der Waals surface area (Å²) in [5.41, 5.74) is 0. The van der Waals surface area contributed by atoms with Crippen LogP contribution in [0.2, 0.25) is 0 Å². The van der Waals surface area contributed by atoms with Crippen LogP contribution >= 0.6 is 12.2 Å².